The smallest absolute Gasteiger partial charge is 0.252 e. The molecule has 0 spiro atoms. The number of nitrogens with zero attached hydrogens (tertiary/aromatic N) is 1. The predicted molar refractivity (Wildman–Crippen MR) is 95.5 cm³/mol. The first kappa shape index (κ1) is 14.1. The number of carbonyl (C=O) groups is 1. The van der Waals surface area contributed by atoms with E-state index in [9.17, 15) is 4.79 Å². The fourth-order valence-corrected chi connectivity index (χ4v) is 2.95. The van der Waals surface area contributed by atoms with Gasteiger partial charge in [0.15, 0.2) is 0 Å². The van der Waals surface area contributed by atoms with E-state index in [1.807, 2.05) is 18.2 Å². The summed E-state index contributed by atoms with van der Waals surface area (Å²) in [6.07, 6.45) is 0.943. The molecular weight excluding hydrogens is 318 g/mol. The van der Waals surface area contributed by atoms with Gasteiger partial charge in [-0.2, -0.15) is 0 Å². The molecule has 2 aromatic carbocycles. The number of aromatic nitrogens is 1. The predicted octanol–water partition coefficient (Wildman–Crippen LogP) is 3.10. The van der Waals surface area contributed by atoms with Gasteiger partial charge in [0.1, 0.15) is 11.5 Å². The zero-order valence-corrected chi connectivity index (χ0v) is 13.6. The fourth-order valence-electron chi connectivity index (χ4n) is 2.95. The molecule has 0 saturated carbocycles. The van der Waals surface area contributed by atoms with Gasteiger partial charge in [-0.3, -0.25) is 4.79 Å². The van der Waals surface area contributed by atoms with Crippen molar-refractivity contribution in [3.05, 3.63) is 53.6 Å². The molecule has 0 aliphatic carbocycles. The Morgan fingerprint density at radius 2 is 2.20 bits per heavy atom. The van der Waals surface area contributed by atoms with Crippen LogP contribution in [-0.4, -0.2) is 24.5 Å². The molecule has 3 aromatic rings. The van der Waals surface area contributed by atoms with E-state index in [1.165, 1.54) is 12.7 Å². The second kappa shape index (κ2) is 5.98. The molecule has 0 atom stereocenters. The summed E-state index contributed by atoms with van der Waals surface area (Å²) in [6, 6.07) is 10.7. The number of hydrogen-bond donors (Lipinski definition) is 2. The Labute approximate surface area is 146 Å². The van der Waals surface area contributed by atoms with Crippen molar-refractivity contribution in [2.75, 3.05) is 19.0 Å². The van der Waals surface area contributed by atoms with E-state index in [2.05, 4.69) is 10.3 Å². The lowest BCUT2D eigenvalue weighted by Gasteiger charge is -2.10. The molecule has 126 valence electrons. The average Bonchev–Trinajstić information content (AvgIpc) is 3.09. The normalized spacial score (nSPS) is 13.1. The van der Waals surface area contributed by atoms with Crippen molar-refractivity contribution < 1.29 is 15.6 Å². The van der Waals surface area contributed by atoms with Gasteiger partial charge in [-0.15, -0.1) is 0 Å². The monoisotopic (exact) mass is 336 g/mol. The number of hydrogen-bond acceptors (Lipinski definition) is 5. The molecule has 0 radical (unpaired) electrons. The minimum absolute atomic E-state index is 0.122. The summed E-state index contributed by atoms with van der Waals surface area (Å²) in [6.45, 7) is 0.915. The molecule has 0 saturated heterocycles. The summed E-state index contributed by atoms with van der Waals surface area (Å²) in [5, 5.41) is 3.91. The first-order chi connectivity index (χ1) is 12.5. The zero-order chi connectivity index (χ0) is 18.3. The van der Waals surface area contributed by atoms with Gasteiger partial charge in [0, 0.05) is 29.7 Å². The van der Waals surface area contributed by atoms with Crippen LogP contribution >= 0.6 is 0 Å². The number of nitrogens with one attached hydrogen (secondary N) is 1. The van der Waals surface area contributed by atoms with Crippen molar-refractivity contribution >= 4 is 22.5 Å². The topological polar surface area (TPSA) is 86.5 Å². The van der Waals surface area contributed by atoms with Crippen molar-refractivity contribution in [3.63, 3.8) is 0 Å². The number of methoxy groups -OCH3 is 1. The molecule has 1 aromatic heterocycles. The summed E-state index contributed by atoms with van der Waals surface area (Å²) in [4.78, 5) is 16.0. The standard InChI is InChI=1S/C19H17N3O3/c1-24-17-10-16-11(9-14(17)19(20)23)2-5-18(22-16)25-13-3-4-15-12(8-13)6-7-21-15/h2-5,8-10,21H,6-7H2,1H3,(H2,20,23)/i5D. The highest BCUT2D eigenvalue weighted by atomic mass is 16.5. The Morgan fingerprint density at radius 1 is 1.32 bits per heavy atom. The molecule has 3 N–H and O–H groups in total. The number of pyridine rings is 1. The second-order valence-electron chi connectivity index (χ2n) is 5.78. The molecular formula is C19H17N3O3. The number of carbonyl (C=O) groups excluding carboxylic acids is 1. The number of benzene rings is 2. The maximum atomic E-state index is 11.6. The molecule has 1 aliphatic heterocycles. The van der Waals surface area contributed by atoms with Crippen LogP contribution in [0.15, 0.2) is 42.4 Å². The van der Waals surface area contributed by atoms with Crippen molar-refractivity contribution in [1.29, 1.82) is 0 Å². The van der Waals surface area contributed by atoms with E-state index in [0.717, 1.165) is 18.7 Å². The van der Waals surface area contributed by atoms with Crippen molar-refractivity contribution in [3.8, 4) is 17.4 Å². The van der Waals surface area contributed by atoms with Crippen LogP contribution in [-0.2, 0) is 6.42 Å². The third-order valence-corrected chi connectivity index (χ3v) is 4.19. The zero-order valence-electron chi connectivity index (χ0n) is 14.6. The van der Waals surface area contributed by atoms with Gasteiger partial charge in [-0.25, -0.2) is 4.98 Å². The minimum atomic E-state index is -0.595. The highest BCUT2D eigenvalue weighted by Crippen LogP contribution is 2.31. The molecule has 0 unspecified atom stereocenters. The van der Waals surface area contributed by atoms with Crippen LogP contribution in [0.3, 0.4) is 0 Å². The molecule has 25 heavy (non-hydrogen) atoms. The number of anilines is 1. The highest BCUT2D eigenvalue weighted by molar-refractivity contribution is 6.00. The summed E-state index contributed by atoms with van der Waals surface area (Å²) in [5.74, 6) is 0.568. The van der Waals surface area contributed by atoms with Gasteiger partial charge < -0.3 is 20.5 Å². The number of rotatable bonds is 4. The lowest BCUT2D eigenvalue weighted by molar-refractivity contribution is 0.0997. The Balaban J connectivity index is 1.74. The van der Waals surface area contributed by atoms with E-state index < -0.39 is 5.91 Å². The summed E-state index contributed by atoms with van der Waals surface area (Å²) < 4.78 is 19.2. The van der Waals surface area contributed by atoms with Gasteiger partial charge in [0.2, 0.25) is 5.88 Å². The van der Waals surface area contributed by atoms with Crippen LogP contribution in [0.2, 0.25) is 0 Å². The molecule has 6 heteroatoms. The van der Waals surface area contributed by atoms with Crippen molar-refractivity contribution in [1.82, 2.24) is 4.98 Å². The molecule has 1 amide bonds. The van der Waals surface area contributed by atoms with Gasteiger partial charge in [-0.1, -0.05) is 0 Å². The van der Waals surface area contributed by atoms with E-state index >= 15 is 0 Å². The number of nitrogens with two attached hydrogens (primary N) is 1. The van der Waals surface area contributed by atoms with Gasteiger partial charge >= 0.3 is 0 Å². The first-order valence-electron chi connectivity index (χ1n) is 8.39. The largest absolute Gasteiger partial charge is 0.496 e. The van der Waals surface area contributed by atoms with Crippen LogP contribution in [0.25, 0.3) is 10.9 Å². The number of amides is 1. The van der Waals surface area contributed by atoms with Crippen LogP contribution < -0.4 is 20.5 Å². The van der Waals surface area contributed by atoms with E-state index in [4.69, 9.17) is 16.6 Å². The Kier molecular flexibility index (Phi) is 3.37. The summed E-state index contributed by atoms with van der Waals surface area (Å²) >= 11 is 0. The third kappa shape index (κ3) is 2.82. The van der Waals surface area contributed by atoms with Crippen LogP contribution in [0.5, 0.6) is 17.4 Å². The molecule has 0 fully saturated rings. The Morgan fingerprint density at radius 3 is 3.00 bits per heavy atom. The number of ether oxygens (including phenoxy) is 2. The van der Waals surface area contributed by atoms with Crippen molar-refractivity contribution in [2.45, 2.75) is 6.42 Å². The number of primary amides is 1. The quantitative estimate of drug-likeness (QED) is 0.764. The Hall–Kier alpha value is -3.28. The first-order valence-corrected chi connectivity index (χ1v) is 7.89. The van der Waals surface area contributed by atoms with Gasteiger partial charge in [0.05, 0.1) is 19.6 Å². The van der Waals surface area contributed by atoms with Gasteiger partial charge in [-0.05, 0) is 42.3 Å². The second-order valence-corrected chi connectivity index (χ2v) is 5.78. The Bertz CT molecular complexity index is 1040. The minimum Gasteiger partial charge on any atom is -0.496 e. The molecule has 4 rings (SSSR count). The van der Waals surface area contributed by atoms with Crippen LogP contribution in [0, 0.1) is 0 Å². The number of fused-ring (bicyclic) bond motifs is 2. The highest BCUT2D eigenvalue weighted by Gasteiger charge is 2.13. The maximum Gasteiger partial charge on any atom is 0.252 e. The SMILES string of the molecule is [2H]c1cc2cc(C(N)=O)c(OC)cc2nc1Oc1ccc2c(c1)CCN2. The average molecular weight is 336 g/mol. The lowest BCUT2D eigenvalue weighted by atomic mass is 10.1. The van der Waals surface area contributed by atoms with Crippen LogP contribution in [0.4, 0.5) is 5.69 Å². The van der Waals surface area contributed by atoms with Crippen LogP contribution in [0.1, 0.15) is 17.3 Å². The molecule has 1 aliphatic rings. The lowest BCUT2D eigenvalue weighted by Crippen LogP contribution is -2.12. The third-order valence-electron chi connectivity index (χ3n) is 4.19. The van der Waals surface area contributed by atoms with Gasteiger partial charge in [0.25, 0.3) is 5.91 Å². The van der Waals surface area contributed by atoms with E-state index in [1.54, 1.807) is 18.2 Å². The molecule has 2 heterocycles. The summed E-state index contributed by atoms with van der Waals surface area (Å²) in [5.41, 5.74) is 8.48. The summed E-state index contributed by atoms with van der Waals surface area (Å²) in [7, 11) is 1.46. The van der Waals surface area contributed by atoms with E-state index in [-0.39, 0.29) is 17.5 Å². The van der Waals surface area contributed by atoms with Crippen molar-refractivity contribution in [2.24, 2.45) is 5.73 Å². The maximum absolute atomic E-state index is 11.6. The van der Waals surface area contributed by atoms with E-state index in [0.29, 0.717) is 22.4 Å². The molecule has 6 nitrogen and oxygen atoms in total. The fraction of sp³-hybridized carbons (Fsp3) is 0.158. The molecule has 0 bridgehead atoms.